The van der Waals surface area contributed by atoms with Crippen molar-refractivity contribution in [3.63, 3.8) is 0 Å². The number of nitrogens with zero attached hydrogens (tertiary/aromatic N) is 3. The Morgan fingerprint density at radius 3 is 2.47 bits per heavy atom. The van der Waals surface area contributed by atoms with E-state index in [9.17, 15) is 4.79 Å². The largest absolute Gasteiger partial charge is 0.357 e. The highest BCUT2D eigenvalue weighted by Gasteiger charge is 2.31. The van der Waals surface area contributed by atoms with Crippen LogP contribution in [0, 0.1) is 5.92 Å². The fourth-order valence-corrected chi connectivity index (χ4v) is 5.20. The SMILES string of the molecule is CCNC(=NCCCCCN1CCCCC1)NC1CCN(C(=O)C2CCCCC2)C1. The number of unbranched alkanes of at least 4 members (excludes halogenated alkanes) is 2. The lowest BCUT2D eigenvalue weighted by atomic mass is 9.88. The first-order valence-corrected chi connectivity index (χ1v) is 12.8. The van der Waals surface area contributed by atoms with Gasteiger partial charge in [-0.3, -0.25) is 9.79 Å². The molecule has 172 valence electrons. The van der Waals surface area contributed by atoms with Crippen molar-refractivity contribution in [1.82, 2.24) is 20.4 Å². The molecule has 1 amide bonds. The number of nitrogens with one attached hydrogen (secondary N) is 2. The molecule has 2 saturated heterocycles. The molecule has 0 aromatic carbocycles. The van der Waals surface area contributed by atoms with Crippen molar-refractivity contribution < 1.29 is 4.79 Å². The molecule has 1 unspecified atom stereocenters. The van der Waals surface area contributed by atoms with Gasteiger partial charge in [-0.2, -0.15) is 0 Å². The monoisotopic (exact) mass is 419 g/mol. The number of aliphatic imine (C=N–C) groups is 1. The molecule has 1 aliphatic carbocycles. The van der Waals surface area contributed by atoms with Gasteiger partial charge in [0.1, 0.15) is 0 Å². The Hall–Kier alpha value is -1.30. The third-order valence-corrected chi connectivity index (χ3v) is 6.99. The van der Waals surface area contributed by atoms with Gasteiger partial charge in [0, 0.05) is 38.1 Å². The second-order valence-corrected chi connectivity index (χ2v) is 9.47. The fraction of sp³-hybridized carbons (Fsp3) is 0.917. The van der Waals surface area contributed by atoms with Crippen LogP contribution in [0.2, 0.25) is 0 Å². The molecule has 6 heteroatoms. The van der Waals surface area contributed by atoms with Crippen molar-refractivity contribution in [1.29, 1.82) is 0 Å². The van der Waals surface area contributed by atoms with Crippen LogP contribution in [0.3, 0.4) is 0 Å². The predicted molar refractivity (Wildman–Crippen MR) is 125 cm³/mol. The number of guanidine groups is 1. The van der Waals surface area contributed by atoms with Gasteiger partial charge in [0.15, 0.2) is 5.96 Å². The normalized spacial score (nSPS) is 24.2. The summed E-state index contributed by atoms with van der Waals surface area (Å²) in [5.41, 5.74) is 0. The van der Waals surface area contributed by atoms with E-state index in [0.29, 0.717) is 11.9 Å². The molecule has 1 atom stereocenters. The van der Waals surface area contributed by atoms with Crippen molar-refractivity contribution in [2.24, 2.45) is 10.9 Å². The number of carbonyl (C=O) groups is 1. The molecule has 0 bridgehead atoms. The summed E-state index contributed by atoms with van der Waals surface area (Å²) in [6, 6.07) is 0.328. The predicted octanol–water partition coefficient (Wildman–Crippen LogP) is 3.38. The number of amides is 1. The van der Waals surface area contributed by atoms with Crippen LogP contribution in [-0.4, -0.2) is 73.5 Å². The Balaban J connectivity index is 1.33. The van der Waals surface area contributed by atoms with Gasteiger partial charge < -0.3 is 20.4 Å². The first-order chi connectivity index (χ1) is 14.8. The van der Waals surface area contributed by atoms with Crippen molar-refractivity contribution in [2.75, 3.05) is 45.8 Å². The van der Waals surface area contributed by atoms with E-state index in [1.54, 1.807) is 0 Å². The molecular weight excluding hydrogens is 374 g/mol. The molecular formula is C24H45N5O. The minimum Gasteiger partial charge on any atom is -0.357 e. The number of rotatable bonds is 9. The smallest absolute Gasteiger partial charge is 0.225 e. The minimum atomic E-state index is 0.282. The third-order valence-electron chi connectivity index (χ3n) is 6.99. The molecule has 3 aliphatic rings. The molecule has 3 fully saturated rings. The van der Waals surface area contributed by atoms with Gasteiger partial charge in [-0.15, -0.1) is 0 Å². The summed E-state index contributed by atoms with van der Waals surface area (Å²) in [5, 5.41) is 6.97. The molecule has 3 rings (SSSR count). The summed E-state index contributed by atoms with van der Waals surface area (Å²) < 4.78 is 0. The van der Waals surface area contributed by atoms with Gasteiger partial charge in [0.25, 0.3) is 0 Å². The highest BCUT2D eigenvalue weighted by molar-refractivity contribution is 5.81. The molecule has 0 aromatic heterocycles. The van der Waals surface area contributed by atoms with Crippen molar-refractivity contribution >= 4 is 11.9 Å². The highest BCUT2D eigenvalue weighted by Crippen LogP contribution is 2.26. The lowest BCUT2D eigenvalue weighted by Gasteiger charge is -2.26. The maximum absolute atomic E-state index is 12.8. The van der Waals surface area contributed by atoms with E-state index in [0.717, 1.165) is 57.8 Å². The molecule has 2 heterocycles. The summed E-state index contributed by atoms with van der Waals surface area (Å²) in [6.45, 7) is 9.45. The lowest BCUT2D eigenvalue weighted by molar-refractivity contribution is -0.135. The average Bonchev–Trinajstić information content (AvgIpc) is 3.25. The number of hydrogen-bond donors (Lipinski definition) is 2. The van der Waals surface area contributed by atoms with E-state index in [-0.39, 0.29) is 5.92 Å². The summed E-state index contributed by atoms with van der Waals surface area (Å²) in [4.78, 5) is 22.3. The van der Waals surface area contributed by atoms with Crippen LogP contribution in [0.5, 0.6) is 0 Å². The summed E-state index contributed by atoms with van der Waals surface area (Å²) in [6.07, 6.45) is 14.8. The Morgan fingerprint density at radius 1 is 0.933 bits per heavy atom. The van der Waals surface area contributed by atoms with E-state index >= 15 is 0 Å². The van der Waals surface area contributed by atoms with Gasteiger partial charge in [-0.1, -0.05) is 32.1 Å². The van der Waals surface area contributed by atoms with E-state index in [2.05, 4.69) is 27.4 Å². The van der Waals surface area contributed by atoms with Crippen molar-refractivity contribution in [3.8, 4) is 0 Å². The van der Waals surface area contributed by atoms with Crippen LogP contribution in [0.25, 0.3) is 0 Å². The molecule has 0 spiro atoms. The summed E-state index contributed by atoms with van der Waals surface area (Å²) in [5.74, 6) is 1.60. The zero-order valence-corrected chi connectivity index (χ0v) is 19.3. The standard InChI is InChI=1S/C24H45N5O/c1-2-25-24(26-15-8-4-9-16-28-17-10-5-11-18-28)27-22-14-19-29(20-22)23(30)21-12-6-3-7-13-21/h21-22H,2-20H2,1H3,(H2,25,26,27). The Kier molecular flexibility index (Phi) is 10.3. The van der Waals surface area contributed by atoms with Gasteiger partial charge in [-0.25, -0.2) is 0 Å². The lowest BCUT2D eigenvalue weighted by Crippen LogP contribution is -2.45. The minimum absolute atomic E-state index is 0.282. The Bertz CT molecular complexity index is 526. The van der Waals surface area contributed by atoms with Gasteiger partial charge in [0.05, 0.1) is 0 Å². The van der Waals surface area contributed by atoms with Gasteiger partial charge >= 0.3 is 0 Å². The maximum atomic E-state index is 12.8. The van der Waals surface area contributed by atoms with E-state index in [4.69, 9.17) is 4.99 Å². The van der Waals surface area contributed by atoms with Crippen LogP contribution >= 0.6 is 0 Å². The maximum Gasteiger partial charge on any atom is 0.225 e. The zero-order valence-electron chi connectivity index (χ0n) is 19.3. The molecule has 2 aliphatic heterocycles. The fourth-order valence-electron chi connectivity index (χ4n) is 5.20. The highest BCUT2D eigenvalue weighted by atomic mass is 16.2. The first kappa shape index (κ1) is 23.4. The van der Waals surface area contributed by atoms with Crippen molar-refractivity contribution in [2.45, 2.75) is 90.0 Å². The molecule has 30 heavy (non-hydrogen) atoms. The number of likely N-dealkylation sites (tertiary alicyclic amines) is 2. The average molecular weight is 420 g/mol. The topological polar surface area (TPSA) is 60.0 Å². The quantitative estimate of drug-likeness (QED) is 0.342. The number of piperidine rings is 1. The van der Waals surface area contributed by atoms with Crippen LogP contribution in [-0.2, 0) is 4.79 Å². The van der Waals surface area contributed by atoms with E-state index in [1.807, 2.05) is 0 Å². The van der Waals surface area contributed by atoms with Crippen LogP contribution in [0.15, 0.2) is 4.99 Å². The number of carbonyl (C=O) groups excluding carboxylic acids is 1. The van der Waals surface area contributed by atoms with Gasteiger partial charge in [0.2, 0.25) is 5.91 Å². The number of hydrogen-bond acceptors (Lipinski definition) is 3. The summed E-state index contributed by atoms with van der Waals surface area (Å²) in [7, 11) is 0. The van der Waals surface area contributed by atoms with Crippen LogP contribution in [0.4, 0.5) is 0 Å². The second kappa shape index (κ2) is 13.2. The van der Waals surface area contributed by atoms with Crippen molar-refractivity contribution in [3.05, 3.63) is 0 Å². The second-order valence-electron chi connectivity index (χ2n) is 9.47. The molecule has 1 saturated carbocycles. The Labute approximate surface area is 184 Å². The molecule has 0 aromatic rings. The first-order valence-electron chi connectivity index (χ1n) is 12.8. The van der Waals surface area contributed by atoms with Gasteiger partial charge in [-0.05, 0) is 71.5 Å². The van der Waals surface area contributed by atoms with Crippen LogP contribution in [0.1, 0.15) is 84.0 Å². The zero-order chi connectivity index (χ0) is 21.0. The molecule has 6 nitrogen and oxygen atoms in total. The third kappa shape index (κ3) is 7.75. The van der Waals surface area contributed by atoms with Crippen LogP contribution < -0.4 is 10.6 Å². The molecule has 2 N–H and O–H groups in total. The summed E-state index contributed by atoms with van der Waals surface area (Å²) >= 11 is 0. The van der Waals surface area contributed by atoms with E-state index in [1.165, 1.54) is 71.0 Å². The Morgan fingerprint density at radius 2 is 1.70 bits per heavy atom. The molecule has 0 radical (unpaired) electrons. The van der Waals surface area contributed by atoms with E-state index < -0.39 is 0 Å².